The Hall–Kier alpha value is -2.96. The Morgan fingerprint density at radius 1 is 1.08 bits per heavy atom. The lowest BCUT2D eigenvalue weighted by molar-refractivity contribution is -0.209. The van der Waals surface area contributed by atoms with Crippen LogP contribution in [0, 0.1) is 46.3 Å². The second-order valence-electron chi connectivity index (χ2n) is 13.2. The predicted octanol–water partition coefficient (Wildman–Crippen LogP) is 5.24. The summed E-state index contributed by atoms with van der Waals surface area (Å²) in [4.78, 5) is 52.5. The van der Waals surface area contributed by atoms with Crippen molar-refractivity contribution in [3.63, 3.8) is 0 Å². The fraction of sp³-hybridized carbons (Fsp3) is 0.613. The first kappa shape index (κ1) is 25.3. The molecule has 38 heavy (non-hydrogen) atoms. The third-order valence-corrected chi connectivity index (χ3v) is 11.3. The average molecular weight is 520 g/mol. The second kappa shape index (κ2) is 8.27. The highest BCUT2D eigenvalue weighted by molar-refractivity contribution is 6.23. The number of imide groups is 1. The number of fused-ring (bicyclic) bond motifs is 1. The van der Waals surface area contributed by atoms with Crippen molar-refractivity contribution in [1.82, 2.24) is 0 Å². The van der Waals surface area contributed by atoms with Gasteiger partial charge in [0, 0.05) is 11.3 Å². The van der Waals surface area contributed by atoms with E-state index in [1.807, 2.05) is 0 Å². The Morgan fingerprint density at radius 3 is 2.42 bits per heavy atom. The van der Waals surface area contributed by atoms with E-state index in [2.05, 4.69) is 33.8 Å². The number of amides is 2. The summed E-state index contributed by atoms with van der Waals surface area (Å²) >= 11 is 0. The Balaban J connectivity index is 1.45. The molecule has 1 aromatic rings. The van der Waals surface area contributed by atoms with Gasteiger partial charge in [-0.3, -0.25) is 19.3 Å². The number of allylic oxidation sites excluding steroid dienone is 2. The van der Waals surface area contributed by atoms with Gasteiger partial charge in [0.15, 0.2) is 0 Å². The molecule has 3 saturated carbocycles. The topological polar surface area (TPSA) is 101 Å². The van der Waals surface area contributed by atoms with Crippen molar-refractivity contribution >= 4 is 29.9 Å². The Labute approximate surface area is 223 Å². The predicted molar refractivity (Wildman–Crippen MR) is 140 cm³/mol. The molecule has 2 bridgehead atoms. The number of carbonyl (C=O) groups excluding carboxylic acids is 3. The van der Waals surface area contributed by atoms with Crippen LogP contribution in [0.5, 0.6) is 0 Å². The van der Waals surface area contributed by atoms with E-state index in [-0.39, 0.29) is 52.4 Å². The van der Waals surface area contributed by atoms with Crippen LogP contribution in [-0.2, 0) is 19.1 Å². The maximum atomic E-state index is 14.3. The molecule has 7 nitrogen and oxygen atoms in total. The number of aromatic carboxylic acids is 1. The molecule has 6 aliphatic rings. The maximum absolute atomic E-state index is 14.3. The molecule has 8 unspecified atom stereocenters. The lowest BCUT2D eigenvalue weighted by atomic mass is 9.35. The summed E-state index contributed by atoms with van der Waals surface area (Å²) in [7, 11) is 0. The smallest absolute Gasteiger partial charge is 0.335 e. The van der Waals surface area contributed by atoms with E-state index >= 15 is 0 Å². The van der Waals surface area contributed by atoms with Crippen LogP contribution in [-0.4, -0.2) is 35.0 Å². The van der Waals surface area contributed by atoms with E-state index < -0.39 is 22.9 Å². The van der Waals surface area contributed by atoms with Crippen molar-refractivity contribution < 1.29 is 29.0 Å². The third kappa shape index (κ3) is 3.13. The van der Waals surface area contributed by atoms with Crippen LogP contribution < -0.4 is 4.90 Å². The summed E-state index contributed by atoms with van der Waals surface area (Å²) in [5.74, 6) is -1.43. The molecular weight excluding hydrogens is 482 g/mol. The lowest BCUT2D eigenvalue weighted by Gasteiger charge is -2.68. The number of carboxylic acid groups (broad SMARTS) is 1. The van der Waals surface area contributed by atoms with E-state index in [1.54, 1.807) is 12.1 Å². The van der Waals surface area contributed by atoms with E-state index in [0.29, 0.717) is 12.2 Å². The summed E-state index contributed by atoms with van der Waals surface area (Å²) in [5, 5.41) is 9.31. The molecule has 0 aromatic heterocycles. The summed E-state index contributed by atoms with van der Waals surface area (Å²) < 4.78 is 5.78. The van der Waals surface area contributed by atoms with Crippen LogP contribution in [0.3, 0.4) is 0 Å². The number of rotatable bonds is 5. The molecule has 2 amide bonds. The molecule has 1 saturated heterocycles. The highest BCUT2D eigenvalue weighted by Gasteiger charge is 2.73. The van der Waals surface area contributed by atoms with E-state index in [4.69, 9.17) is 4.74 Å². The molecule has 8 atom stereocenters. The minimum absolute atomic E-state index is 0.00219. The molecule has 7 heteroatoms. The molecule has 7 rings (SSSR count). The Kier molecular flexibility index (Phi) is 5.51. The minimum atomic E-state index is -1.04. The van der Waals surface area contributed by atoms with Crippen LogP contribution >= 0.6 is 0 Å². The van der Waals surface area contributed by atoms with Gasteiger partial charge in [-0.2, -0.15) is 0 Å². The lowest BCUT2D eigenvalue weighted by Crippen LogP contribution is -2.65. The van der Waals surface area contributed by atoms with Crippen LogP contribution in [0.1, 0.15) is 76.6 Å². The minimum Gasteiger partial charge on any atom is -0.478 e. The molecule has 1 heterocycles. The van der Waals surface area contributed by atoms with Crippen molar-refractivity contribution in [2.45, 2.75) is 71.8 Å². The largest absolute Gasteiger partial charge is 0.478 e. The molecule has 5 aliphatic carbocycles. The standard InChI is InChI=1S/C31H37NO6/c1-17(2)21-15-31-13-10-22-29(3,11-5-12-30(22,4)38-16-33)23(31)14-20(21)24-25(31)27(35)32(26(24)34)19-8-6-18(7-9-19)28(36)37/h6-9,15-17,20,22-25H,5,10-14H2,1-4H3,(H,36,37). The number of ether oxygens (including phenoxy) is 1. The zero-order chi connectivity index (χ0) is 27.2. The molecule has 1 aromatic carbocycles. The van der Waals surface area contributed by atoms with Crippen LogP contribution in [0.15, 0.2) is 35.9 Å². The van der Waals surface area contributed by atoms with Gasteiger partial charge in [-0.1, -0.05) is 32.4 Å². The SMILES string of the molecule is CC(C)C1=CC23CCC4C(C)(OC=O)CCCC4(C)C2CC1C1C(=O)N(c2ccc(C(=O)O)cc2)C(=O)C13. The second-order valence-corrected chi connectivity index (χ2v) is 13.2. The van der Waals surface area contributed by atoms with Gasteiger partial charge in [0.2, 0.25) is 11.8 Å². The molecule has 1 spiro atoms. The maximum Gasteiger partial charge on any atom is 0.335 e. The number of hydrogen-bond donors (Lipinski definition) is 1. The fourth-order valence-electron chi connectivity index (χ4n) is 9.90. The molecular formula is C31H37NO6. The van der Waals surface area contributed by atoms with Crippen molar-refractivity contribution in [2.24, 2.45) is 46.3 Å². The van der Waals surface area contributed by atoms with Gasteiger partial charge >= 0.3 is 5.97 Å². The molecule has 0 radical (unpaired) electrons. The highest BCUT2D eigenvalue weighted by Crippen LogP contribution is 2.73. The van der Waals surface area contributed by atoms with E-state index in [9.17, 15) is 24.3 Å². The van der Waals surface area contributed by atoms with Crippen molar-refractivity contribution in [3.8, 4) is 0 Å². The zero-order valence-corrected chi connectivity index (χ0v) is 22.6. The fourth-order valence-corrected chi connectivity index (χ4v) is 9.90. The third-order valence-electron chi connectivity index (χ3n) is 11.3. The molecule has 4 fully saturated rings. The van der Waals surface area contributed by atoms with Crippen molar-refractivity contribution in [3.05, 3.63) is 41.5 Å². The number of benzene rings is 1. The van der Waals surface area contributed by atoms with Gasteiger partial charge in [0.25, 0.3) is 6.47 Å². The summed E-state index contributed by atoms with van der Waals surface area (Å²) in [6, 6.07) is 6.06. The van der Waals surface area contributed by atoms with Crippen molar-refractivity contribution in [2.75, 3.05) is 4.90 Å². The number of carboxylic acids is 1. The quantitative estimate of drug-likeness (QED) is 0.324. The molecule has 1 aliphatic heterocycles. The van der Waals surface area contributed by atoms with Crippen LogP contribution in [0.2, 0.25) is 0 Å². The van der Waals surface area contributed by atoms with Gasteiger partial charge in [-0.05, 0) is 92.9 Å². The van der Waals surface area contributed by atoms with Gasteiger partial charge < -0.3 is 9.84 Å². The van der Waals surface area contributed by atoms with Gasteiger partial charge in [0.05, 0.1) is 23.1 Å². The normalized spacial score (nSPS) is 41.3. The van der Waals surface area contributed by atoms with Crippen LogP contribution in [0.4, 0.5) is 5.69 Å². The monoisotopic (exact) mass is 519 g/mol. The Morgan fingerprint density at radius 2 is 1.79 bits per heavy atom. The average Bonchev–Trinajstić information content (AvgIpc) is 3.15. The van der Waals surface area contributed by atoms with Crippen molar-refractivity contribution in [1.29, 1.82) is 0 Å². The zero-order valence-electron chi connectivity index (χ0n) is 22.6. The number of nitrogens with zero attached hydrogens (tertiary/aromatic N) is 1. The van der Waals surface area contributed by atoms with Crippen LogP contribution in [0.25, 0.3) is 0 Å². The number of anilines is 1. The highest BCUT2D eigenvalue weighted by atomic mass is 16.5. The molecule has 202 valence electrons. The first-order valence-corrected chi connectivity index (χ1v) is 14.0. The number of hydrogen-bond acceptors (Lipinski definition) is 5. The summed E-state index contributed by atoms with van der Waals surface area (Å²) in [5.41, 5.74) is 0.850. The summed E-state index contributed by atoms with van der Waals surface area (Å²) in [6.07, 6.45) is 7.78. The van der Waals surface area contributed by atoms with E-state index in [0.717, 1.165) is 38.5 Å². The van der Waals surface area contributed by atoms with Gasteiger partial charge in [0.1, 0.15) is 5.60 Å². The summed E-state index contributed by atoms with van der Waals surface area (Å²) in [6.45, 7) is 9.38. The van der Waals surface area contributed by atoms with Gasteiger partial charge in [-0.15, -0.1) is 0 Å². The number of carbonyl (C=O) groups is 4. The van der Waals surface area contributed by atoms with E-state index in [1.165, 1.54) is 22.6 Å². The Bertz CT molecular complexity index is 1250. The first-order chi connectivity index (χ1) is 18.0. The van der Waals surface area contributed by atoms with Gasteiger partial charge in [-0.25, -0.2) is 4.79 Å². The first-order valence-electron chi connectivity index (χ1n) is 14.0. The molecule has 1 N–H and O–H groups in total.